The maximum absolute atomic E-state index is 10.7. The number of carboxylic acids is 1. The van der Waals surface area contributed by atoms with E-state index in [9.17, 15) is 4.79 Å². The normalized spacial score (nSPS) is 12.1. The Kier molecular flexibility index (Phi) is 4.62. The van der Waals surface area contributed by atoms with Crippen LogP contribution in [-0.4, -0.2) is 33.6 Å². The summed E-state index contributed by atoms with van der Waals surface area (Å²) in [5.74, 6) is 0.325. The SMILES string of the molecule is COc1ccc(Cc2nnc(S[C@@H](C)C(=O)O)o2)cc1. The molecule has 0 spiro atoms. The predicted molar refractivity (Wildman–Crippen MR) is 73.1 cm³/mol. The van der Waals surface area contributed by atoms with Crippen LogP contribution in [0.1, 0.15) is 18.4 Å². The standard InChI is InChI=1S/C13H14N2O4S/c1-8(12(16)17)20-13-15-14-11(19-13)7-9-3-5-10(18-2)6-4-9/h3-6,8H,7H2,1-2H3,(H,16,17)/t8-/m0/s1. The number of rotatable bonds is 6. The Morgan fingerprint density at radius 3 is 2.70 bits per heavy atom. The molecular weight excluding hydrogens is 280 g/mol. The van der Waals surface area contributed by atoms with E-state index < -0.39 is 11.2 Å². The Bertz CT molecular complexity index is 582. The number of carbonyl (C=O) groups is 1. The molecule has 0 bridgehead atoms. The fourth-order valence-electron chi connectivity index (χ4n) is 1.48. The Labute approximate surface area is 120 Å². The summed E-state index contributed by atoms with van der Waals surface area (Å²) in [6.45, 7) is 1.57. The quantitative estimate of drug-likeness (QED) is 0.817. The maximum Gasteiger partial charge on any atom is 0.316 e. The first-order valence-corrected chi connectivity index (χ1v) is 6.81. The van der Waals surface area contributed by atoms with Crippen LogP contribution in [0.15, 0.2) is 33.9 Å². The van der Waals surface area contributed by atoms with Gasteiger partial charge >= 0.3 is 5.97 Å². The minimum atomic E-state index is -0.912. The Balaban J connectivity index is 1.99. The average Bonchev–Trinajstić information content (AvgIpc) is 2.86. The molecule has 1 N–H and O–H groups in total. The molecule has 0 aliphatic carbocycles. The van der Waals surface area contributed by atoms with Crippen LogP contribution in [0.3, 0.4) is 0 Å². The van der Waals surface area contributed by atoms with Crippen molar-refractivity contribution in [1.29, 1.82) is 0 Å². The smallest absolute Gasteiger partial charge is 0.316 e. The van der Waals surface area contributed by atoms with Crippen LogP contribution >= 0.6 is 11.8 Å². The van der Waals surface area contributed by atoms with Gasteiger partial charge in [-0.1, -0.05) is 23.9 Å². The summed E-state index contributed by atoms with van der Waals surface area (Å²) in [5, 5.41) is 16.2. The van der Waals surface area contributed by atoms with E-state index in [0.717, 1.165) is 23.1 Å². The van der Waals surface area contributed by atoms with Gasteiger partial charge in [0, 0.05) is 0 Å². The molecule has 6 nitrogen and oxygen atoms in total. The molecule has 106 valence electrons. The van der Waals surface area contributed by atoms with Crippen molar-refractivity contribution in [2.45, 2.75) is 23.8 Å². The highest BCUT2D eigenvalue weighted by atomic mass is 32.2. The first-order valence-electron chi connectivity index (χ1n) is 5.93. The van der Waals surface area contributed by atoms with Gasteiger partial charge in [0.05, 0.1) is 13.5 Å². The number of aliphatic carboxylic acids is 1. The lowest BCUT2D eigenvalue weighted by molar-refractivity contribution is -0.136. The molecule has 0 aliphatic heterocycles. The second kappa shape index (κ2) is 6.42. The Morgan fingerprint density at radius 1 is 1.40 bits per heavy atom. The summed E-state index contributed by atoms with van der Waals surface area (Å²) in [4.78, 5) is 10.7. The van der Waals surface area contributed by atoms with Crippen molar-refractivity contribution >= 4 is 17.7 Å². The van der Waals surface area contributed by atoms with Gasteiger partial charge in [-0.3, -0.25) is 4.79 Å². The zero-order valence-electron chi connectivity index (χ0n) is 11.1. The Hall–Kier alpha value is -2.02. The number of hydrogen-bond acceptors (Lipinski definition) is 6. The summed E-state index contributed by atoms with van der Waals surface area (Å²) in [6.07, 6.45) is 0.499. The van der Waals surface area contributed by atoms with Crippen LogP contribution in [0, 0.1) is 0 Å². The van der Waals surface area contributed by atoms with Gasteiger partial charge in [0.25, 0.3) is 5.22 Å². The molecule has 1 aromatic heterocycles. The number of methoxy groups -OCH3 is 1. The van der Waals surface area contributed by atoms with Crippen molar-refractivity contribution in [2.24, 2.45) is 0 Å². The van der Waals surface area contributed by atoms with E-state index in [0.29, 0.717) is 12.3 Å². The summed E-state index contributed by atoms with van der Waals surface area (Å²) in [5.41, 5.74) is 1.01. The number of nitrogens with zero attached hydrogens (tertiary/aromatic N) is 2. The van der Waals surface area contributed by atoms with Crippen molar-refractivity contribution in [2.75, 3.05) is 7.11 Å². The van der Waals surface area contributed by atoms with Crippen molar-refractivity contribution in [3.63, 3.8) is 0 Å². The molecule has 1 atom stereocenters. The van der Waals surface area contributed by atoms with E-state index in [1.54, 1.807) is 14.0 Å². The fraction of sp³-hybridized carbons (Fsp3) is 0.308. The molecule has 2 rings (SSSR count). The largest absolute Gasteiger partial charge is 0.497 e. The second-order valence-corrected chi connectivity index (χ2v) is 5.38. The van der Waals surface area contributed by atoms with E-state index in [2.05, 4.69) is 10.2 Å². The van der Waals surface area contributed by atoms with Gasteiger partial charge in [0.2, 0.25) is 5.89 Å². The molecule has 20 heavy (non-hydrogen) atoms. The third-order valence-electron chi connectivity index (χ3n) is 2.59. The van der Waals surface area contributed by atoms with E-state index in [1.807, 2.05) is 24.3 Å². The molecule has 1 heterocycles. The third-order valence-corrected chi connectivity index (χ3v) is 3.51. The topological polar surface area (TPSA) is 85.5 Å². The number of thioether (sulfide) groups is 1. The highest BCUT2D eigenvalue weighted by Gasteiger charge is 2.17. The first-order chi connectivity index (χ1) is 9.58. The summed E-state index contributed by atoms with van der Waals surface area (Å²) < 4.78 is 10.5. The fourth-order valence-corrected chi connectivity index (χ4v) is 2.11. The molecule has 7 heteroatoms. The maximum atomic E-state index is 10.7. The summed E-state index contributed by atoms with van der Waals surface area (Å²) in [7, 11) is 1.61. The lowest BCUT2D eigenvalue weighted by Crippen LogP contribution is -2.10. The lowest BCUT2D eigenvalue weighted by atomic mass is 10.1. The van der Waals surface area contributed by atoms with Gasteiger partial charge in [0.1, 0.15) is 11.0 Å². The summed E-state index contributed by atoms with van der Waals surface area (Å²) >= 11 is 1.03. The van der Waals surface area contributed by atoms with Crippen LogP contribution in [0.5, 0.6) is 5.75 Å². The summed E-state index contributed by atoms with van der Waals surface area (Å²) in [6, 6.07) is 7.53. The highest BCUT2D eigenvalue weighted by Crippen LogP contribution is 2.23. The number of hydrogen-bond donors (Lipinski definition) is 1. The molecule has 0 unspecified atom stereocenters. The number of carboxylic acid groups (broad SMARTS) is 1. The first kappa shape index (κ1) is 14.4. The average molecular weight is 294 g/mol. The zero-order chi connectivity index (χ0) is 14.5. The van der Waals surface area contributed by atoms with Crippen LogP contribution in [0.2, 0.25) is 0 Å². The van der Waals surface area contributed by atoms with Gasteiger partial charge in [-0.25, -0.2) is 0 Å². The number of benzene rings is 1. The second-order valence-electron chi connectivity index (χ2n) is 4.08. The van der Waals surface area contributed by atoms with Crippen molar-refractivity contribution in [3.8, 4) is 5.75 Å². The van der Waals surface area contributed by atoms with E-state index in [4.69, 9.17) is 14.3 Å². The molecule has 1 aromatic carbocycles. The third kappa shape index (κ3) is 3.74. The van der Waals surface area contributed by atoms with Crippen LogP contribution in [-0.2, 0) is 11.2 Å². The Morgan fingerprint density at radius 2 is 2.10 bits per heavy atom. The highest BCUT2D eigenvalue weighted by molar-refractivity contribution is 8.00. The molecule has 0 radical (unpaired) electrons. The minimum absolute atomic E-state index is 0.267. The van der Waals surface area contributed by atoms with Crippen molar-refractivity contribution in [1.82, 2.24) is 10.2 Å². The molecular formula is C13H14N2O4S. The van der Waals surface area contributed by atoms with E-state index >= 15 is 0 Å². The van der Waals surface area contributed by atoms with Gasteiger partial charge < -0.3 is 14.3 Å². The zero-order valence-corrected chi connectivity index (χ0v) is 11.9. The lowest BCUT2D eigenvalue weighted by Gasteiger charge is -2.01. The molecule has 0 fully saturated rings. The van der Waals surface area contributed by atoms with Gasteiger partial charge in [-0.05, 0) is 24.6 Å². The molecule has 0 saturated heterocycles. The predicted octanol–water partition coefficient (Wildman–Crippen LogP) is 2.23. The molecule has 2 aromatic rings. The minimum Gasteiger partial charge on any atom is -0.497 e. The monoisotopic (exact) mass is 294 g/mol. The van der Waals surface area contributed by atoms with Crippen LogP contribution < -0.4 is 4.74 Å². The van der Waals surface area contributed by atoms with E-state index in [-0.39, 0.29) is 5.22 Å². The van der Waals surface area contributed by atoms with Crippen LogP contribution in [0.4, 0.5) is 0 Å². The van der Waals surface area contributed by atoms with Gasteiger partial charge in [-0.15, -0.1) is 10.2 Å². The van der Waals surface area contributed by atoms with Crippen molar-refractivity contribution < 1.29 is 19.1 Å². The molecule has 0 saturated carbocycles. The van der Waals surface area contributed by atoms with Gasteiger partial charge in [0.15, 0.2) is 0 Å². The molecule has 0 amide bonds. The number of ether oxygens (including phenoxy) is 1. The van der Waals surface area contributed by atoms with Crippen molar-refractivity contribution in [3.05, 3.63) is 35.7 Å². The van der Waals surface area contributed by atoms with Crippen LogP contribution in [0.25, 0.3) is 0 Å². The van der Waals surface area contributed by atoms with Gasteiger partial charge in [-0.2, -0.15) is 0 Å². The molecule has 0 aliphatic rings. The van der Waals surface area contributed by atoms with E-state index in [1.165, 1.54) is 0 Å². The number of aromatic nitrogens is 2.